The van der Waals surface area contributed by atoms with Gasteiger partial charge in [-0.15, -0.1) is 0 Å². The zero-order chi connectivity index (χ0) is 13.1. The highest BCUT2D eigenvalue weighted by Gasteiger charge is 2.10. The molecule has 5 heteroatoms. The number of benzene rings is 1. The number of carbonyl (C=O) groups is 1. The maximum atomic E-state index is 13.1. The zero-order valence-electron chi connectivity index (χ0n) is 9.64. The van der Waals surface area contributed by atoms with Crippen molar-refractivity contribution in [1.29, 1.82) is 0 Å². The van der Waals surface area contributed by atoms with Gasteiger partial charge < -0.3 is 10.4 Å². The third-order valence-electron chi connectivity index (χ3n) is 2.49. The van der Waals surface area contributed by atoms with Crippen molar-refractivity contribution in [3.63, 3.8) is 0 Å². The Labute approximate surface area is 103 Å². The van der Waals surface area contributed by atoms with Gasteiger partial charge in [-0.05, 0) is 36.8 Å². The molecule has 2 N–H and O–H groups in total. The second-order valence-electron chi connectivity index (χ2n) is 3.82. The predicted octanol–water partition coefficient (Wildman–Crippen LogP) is 2.97. The van der Waals surface area contributed by atoms with E-state index in [-0.39, 0.29) is 11.4 Å². The highest BCUT2D eigenvalue weighted by atomic mass is 19.1. The highest BCUT2D eigenvalue weighted by Crippen LogP contribution is 2.21. The van der Waals surface area contributed by atoms with Gasteiger partial charge in [-0.3, -0.25) is 4.98 Å². The summed E-state index contributed by atoms with van der Waals surface area (Å²) in [7, 11) is 0. The molecule has 4 nitrogen and oxygen atoms in total. The van der Waals surface area contributed by atoms with Gasteiger partial charge in [0.1, 0.15) is 5.82 Å². The average Bonchev–Trinajstić information content (AvgIpc) is 2.34. The molecule has 18 heavy (non-hydrogen) atoms. The summed E-state index contributed by atoms with van der Waals surface area (Å²) >= 11 is 0. The van der Waals surface area contributed by atoms with Crippen LogP contribution in [0.1, 0.15) is 15.9 Å². The zero-order valence-corrected chi connectivity index (χ0v) is 9.64. The molecule has 0 fully saturated rings. The predicted molar refractivity (Wildman–Crippen MR) is 65.6 cm³/mol. The van der Waals surface area contributed by atoms with Crippen molar-refractivity contribution in [1.82, 2.24) is 4.98 Å². The molecule has 0 aliphatic heterocycles. The van der Waals surface area contributed by atoms with E-state index in [0.717, 1.165) is 0 Å². The van der Waals surface area contributed by atoms with Crippen molar-refractivity contribution >= 4 is 17.3 Å². The van der Waals surface area contributed by atoms with E-state index in [1.54, 1.807) is 19.1 Å². The van der Waals surface area contributed by atoms with Crippen molar-refractivity contribution in [2.24, 2.45) is 0 Å². The number of aromatic carboxylic acids is 1. The number of carboxylic acid groups (broad SMARTS) is 1. The molecule has 1 aromatic carbocycles. The number of rotatable bonds is 3. The summed E-state index contributed by atoms with van der Waals surface area (Å²) in [5, 5.41) is 11.9. The first-order valence-electron chi connectivity index (χ1n) is 5.28. The number of hydrogen-bond donors (Lipinski definition) is 2. The number of halogens is 1. The van der Waals surface area contributed by atoms with Crippen LogP contribution < -0.4 is 5.32 Å². The van der Waals surface area contributed by atoms with Gasteiger partial charge in [-0.1, -0.05) is 0 Å². The van der Waals surface area contributed by atoms with Crippen LogP contribution in [-0.4, -0.2) is 16.1 Å². The number of carboxylic acids is 1. The molecule has 0 saturated heterocycles. The van der Waals surface area contributed by atoms with Crippen molar-refractivity contribution in [2.75, 3.05) is 5.32 Å². The van der Waals surface area contributed by atoms with E-state index in [1.165, 1.54) is 24.5 Å². The quantitative estimate of drug-likeness (QED) is 0.874. The third kappa shape index (κ3) is 2.45. The maximum Gasteiger partial charge on any atom is 0.337 e. The highest BCUT2D eigenvalue weighted by molar-refractivity contribution is 5.94. The van der Waals surface area contributed by atoms with E-state index >= 15 is 0 Å². The lowest BCUT2D eigenvalue weighted by Crippen LogP contribution is -2.03. The van der Waals surface area contributed by atoms with E-state index < -0.39 is 5.97 Å². The molecule has 0 radical (unpaired) electrons. The first kappa shape index (κ1) is 12.0. The van der Waals surface area contributed by atoms with Crippen LogP contribution in [0.5, 0.6) is 0 Å². The Morgan fingerprint density at radius 3 is 2.83 bits per heavy atom. The Hall–Kier alpha value is -2.43. The Bertz CT molecular complexity index is 599. The summed E-state index contributed by atoms with van der Waals surface area (Å²) in [5.74, 6) is -1.34. The monoisotopic (exact) mass is 246 g/mol. The number of nitrogens with one attached hydrogen (secondary N) is 1. The molecule has 0 saturated carbocycles. The molecule has 2 aromatic rings. The second kappa shape index (κ2) is 4.83. The molecule has 0 spiro atoms. The van der Waals surface area contributed by atoms with Crippen LogP contribution in [0.3, 0.4) is 0 Å². The van der Waals surface area contributed by atoms with Crippen LogP contribution in [0, 0.1) is 12.7 Å². The van der Waals surface area contributed by atoms with Crippen LogP contribution in [0.15, 0.2) is 36.7 Å². The van der Waals surface area contributed by atoms with Gasteiger partial charge in [-0.25, -0.2) is 9.18 Å². The molecular weight excluding hydrogens is 235 g/mol. The summed E-state index contributed by atoms with van der Waals surface area (Å²) in [6.07, 6.45) is 2.83. The summed E-state index contributed by atoms with van der Waals surface area (Å²) in [4.78, 5) is 14.9. The van der Waals surface area contributed by atoms with Crippen LogP contribution in [0.2, 0.25) is 0 Å². The lowest BCUT2D eigenvalue weighted by Gasteiger charge is -2.09. The first-order chi connectivity index (χ1) is 8.58. The second-order valence-corrected chi connectivity index (χ2v) is 3.82. The Kier molecular flexibility index (Phi) is 3.23. The molecule has 0 aliphatic rings. The lowest BCUT2D eigenvalue weighted by atomic mass is 10.2. The van der Waals surface area contributed by atoms with E-state index in [1.807, 2.05) is 0 Å². The minimum Gasteiger partial charge on any atom is -0.478 e. The fourth-order valence-corrected chi connectivity index (χ4v) is 1.56. The fraction of sp³-hybridized carbons (Fsp3) is 0.0769. The number of anilines is 2. The first-order valence-corrected chi connectivity index (χ1v) is 5.28. The molecule has 2 rings (SSSR count). The number of aryl methyl sites for hydroxylation is 1. The van der Waals surface area contributed by atoms with Crippen LogP contribution >= 0.6 is 0 Å². The van der Waals surface area contributed by atoms with Crippen molar-refractivity contribution in [3.8, 4) is 0 Å². The normalized spacial score (nSPS) is 10.1. The summed E-state index contributed by atoms with van der Waals surface area (Å²) in [5.41, 5.74) is 1.59. The van der Waals surface area contributed by atoms with Crippen LogP contribution in [0.4, 0.5) is 15.8 Å². The third-order valence-corrected chi connectivity index (χ3v) is 2.49. The maximum absolute atomic E-state index is 13.1. The Balaban J connectivity index is 2.34. The van der Waals surface area contributed by atoms with E-state index in [2.05, 4.69) is 10.3 Å². The molecule has 0 bridgehead atoms. The molecular formula is C13H11FN2O2. The van der Waals surface area contributed by atoms with E-state index in [9.17, 15) is 9.18 Å². The number of pyridine rings is 1. The Morgan fingerprint density at radius 2 is 2.17 bits per heavy atom. The molecule has 0 aliphatic carbocycles. The molecule has 1 aromatic heterocycles. The van der Waals surface area contributed by atoms with Gasteiger partial charge in [0.05, 0.1) is 17.4 Å². The smallest absolute Gasteiger partial charge is 0.337 e. The summed E-state index contributed by atoms with van der Waals surface area (Å²) < 4.78 is 13.1. The minimum atomic E-state index is -1.04. The molecule has 0 unspecified atom stereocenters. The van der Waals surface area contributed by atoms with Gasteiger partial charge in [0.15, 0.2) is 0 Å². The van der Waals surface area contributed by atoms with E-state index in [4.69, 9.17) is 5.11 Å². The van der Waals surface area contributed by atoms with Gasteiger partial charge in [0, 0.05) is 11.9 Å². The van der Waals surface area contributed by atoms with Crippen LogP contribution in [-0.2, 0) is 0 Å². The van der Waals surface area contributed by atoms with Crippen molar-refractivity contribution < 1.29 is 14.3 Å². The molecule has 92 valence electrons. The Morgan fingerprint density at radius 1 is 1.39 bits per heavy atom. The standard InChI is InChI=1S/C13H11FN2O2/c1-8-6-9(2-3-11(8)14)16-12-7-15-5-4-10(12)13(17)18/h2-7,16H,1H3,(H,17,18). The molecule has 0 atom stereocenters. The lowest BCUT2D eigenvalue weighted by molar-refractivity contribution is 0.0698. The topological polar surface area (TPSA) is 62.2 Å². The van der Waals surface area contributed by atoms with E-state index in [0.29, 0.717) is 16.9 Å². The summed E-state index contributed by atoms with van der Waals surface area (Å²) in [6.45, 7) is 1.64. The minimum absolute atomic E-state index is 0.118. The fourth-order valence-electron chi connectivity index (χ4n) is 1.56. The van der Waals surface area contributed by atoms with Crippen molar-refractivity contribution in [2.45, 2.75) is 6.92 Å². The number of nitrogens with zero attached hydrogens (tertiary/aromatic N) is 1. The van der Waals surface area contributed by atoms with Gasteiger partial charge in [-0.2, -0.15) is 0 Å². The van der Waals surface area contributed by atoms with Crippen molar-refractivity contribution in [3.05, 3.63) is 53.6 Å². The number of aromatic nitrogens is 1. The number of hydrogen-bond acceptors (Lipinski definition) is 3. The van der Waals surface area contributed by atoms with Crippen LogP contribution in [0.25, 0.3) is 0 Å². The van der Waals surface area contributed by atoms with Gasteiger partial charge in [0.25, 0.3) is 0 Å². The summed E-state index contributed by atoms with van der Waals surface area (Å²) in [6, 6.07) is 5.88. The van der Waals surface area contributed by atoms with Gasteiger partial charge >= 0.3 is 5.97 Å². The van der Waals surface area contributed by atoms with Gasteiger partial charge in [0.2, 0.25) is 0 Å². The average molecular weight is 246 g/mol. The SMILES string of the molecule is Cc1cc(Nc2cnccc2C(=O)O)ccc1F. The molecule has 0 amide bonds. The molecule has 1 heterocycles. The largest absolute Gasteiger partial charge is 0.478 e.